The number of benzene rings is 3. The van der Waals surface area contributed by atoms with Crippen molar-refractivity contribution < 1.29 is 19.2 Å². The van der Waals surface area contributed by atoms with Crippen molar-refractivity contribution in [2.24, 2.45) is 0 Å². The summed E-state index contributed by atoms with van der Waals surface area (Å²) in [7, 11) is 0. The average Bonchev–Trinajstić information content (AvgIpc) is 3.39. The van der Waals surface area contributed by atoms with Crippen molar-refractivity contribution in [3.05, 3.63) is 104 Å². The van der Waals surface area contributed by atoms with Gasteiger partial charge in [0, 0.05) is 21.9 Å². The highest BCUT2D eigenvalue weighted by Gasteiger charge is 2.52. The normalized spacial score (nSPS) is 18.6. The first-order chi connectivity index (χ1) is 18.1. The average molecular weight is 571 g/mol. The van der Waals surface area contributed by atoms with Gasteiger partial charge in [-0.3, -0.25) is 0 Å². The Kier molecular flexibility index (Phi) is 7.21. The Labute approximate surface area is 236 Å². The van der Waals surface area contributed by atoms with Crippen molar-refractivity contribution in [3.63, 3.8) is 0 Å². The van der Waals surface area contributed by atoms with Crippen LogP contribution in [0.4, 0.5) is 0 Å². The molecule has 0 aliphatic heterocycles. The van der Waals surface area contributed by atoms with Gasteiger partial charge in [-0.1, -0.05) is 85.0 Å². The molecule has 0 amide bonds. The molecule has 1 aromatic heterocycles. The monoisotopic (exact) mass is 569 g/mol. The summed E-state index contributed by atoms with van der Waals surface area (Å²) in [5.74, 6) is 0.652. The van der Waals surface area contributed by atoms with E-state index in [0.29, 0.717) is 37.8 Å². The smallest absolute Gasteiger partial charge is 0.335 e. The van der Waals surface area contributed by atoms with E-state index in [-0.39, 0.29) is 29.4 Å². The largest absolute Gasteiger partial charge is 0.489 e. The molecule has 5 rings (SSSR count). The summed E-state index contributed by atoms with van der Waals surface area (Å²) in [6, 6.07) is 18.1. The van der Waals surface area contributed by atoms with E-state index in [1.807, 2.05) is 38.1 Å². The molecule has 0 saturated heterocycles. The van der Waals surface area contributed by atoms with Crippen molar-refractivity contribution in [1.29, 1.82) is 0 Å². The summed E-state index contributed by atoms with van der Waals surface area (Å²) in [5.41, 5.74) is 4.08. The van der Waals surface area contributed by atoms with Gasteiger partial charge in [-0.15, -0.1) is 0 Å². The van der Waals surface area contributed by atoms with Gasteiger partial charge < -0.3 is 14.4 Å². The zero-order chi connectivity index (χ0) is 27.2. The summed E-state index contributed by atoms with van der Waals surface area (Å²) in [6.45, 7) is 6.38. The predicted molar refractivity (Wildman–Crippen MR) is 150 cm³/mol. The highest BCUT2D eigenvalue weighted by Crippen LogP contribution is 2.61. The number of ether oxygens (including phenoxy) is 1. The van der Waals surface area contributed by atoms with E-state index in [4.69, 9.17) is 44.1 Å². The van der Waals surface area contributed by atoms with Crippen LogP contribution in [0.25, 0.3) is 11.3 Å². The number of hydrogen-bond acceptors (Lipinski definition) is 4. The molecule has 1 aliphatic carbocycles. The summed E-state index contributed by atoms with van der Waals surface area (Å²) in [6.07, 6.45) is 0.885. The van der Waals surface area contributed by atoms with E-state index < -0.39 is 5.97 Å². The number of hydrogen-bond donors (Lipinski definition) is 1. The molecule has 1 heterocycles. The van der Waals surface area contributed by atoms with Crippen LogP contribution in [0.1, 0.15) is 71.8 Å². The number of nitrogens with zero attached hydrogens (tertiary/aromatic N) is 1. The van der Waals surface area contributed by atoms with E-state index >= 15 is 0 Å². The lowest BCUT2D eigenvalue weighted by Gasteiger charge is -2.15. The Morgan fingerprint density at radius 3 is 2.45 bits per heavy atom. The maximum absolute atomic E-state index is 11.4. The van der Waals surface area contributed by atoms with Gasteiger partial charge in [0.2, 0.25) is 0 Å². The molecule has 0 spiro atoms. The molecule has 1 fully saturated rings. The van der Waals surface area contributed by atoms with Gasteiger partial charge in [-0.2, -0.15) is 0 Å². The van der Waals surface area contributed by atoms with Gasteiger partial charge >= 0.3 is 5.97 Å². The second-order valence-corrected chi connectivity index (χ2v) is 11.4. The number of carboxylic acids is 1. The van der Waals surface area contributed by atoms with Crippen LogP contribution >= 0.6 is 34.8 Å². The number of aromatic nitrogens is 1. The Balaban J connectivity index is 1.37. The Bertz CT molecular complexity index is 1510. The topological polar surface area (TPSA) is 72.6 Å². The molecule has 8 heteroatoms. The van der Waals surface area contributed by atoms with Gasteiger partial charge in [-0.25, -0.2) is 4.79 Å². The maximum atomic E-state index is 11.4. The van der Waals surface area contributed by atoms with Crippen LogP contribution in [-0.2, 0) is 12.0 Å². The highest BCUT2D eigenvalue weighted by atomic mass is 35.5. The molecule has 196 valence electrons. The van der Waals surface area contributed by atoms with E-state index in [1.165, 1.54) is 0 Å². The van der Waals surface area contributed by atoms with E-state index in [2.05, 4.69) is 12.1 Å². The standard InChI is InChI=1S/C30H26Cl3NO4/c1-16(2)28-21(27(34-38-28)26-23(31)8-5-9-24(26)32)15-37-19-10-11-20(25(33)13-19)22-14-30(22,3)18-7-4-6-17(12-18)29(35)36/h4-13,16,22H,14-15H2,1-3H3,(H,35,36). The molecule has 4 aromatic rings. The fourth-order valence-electron chi connectivity index (χ4n) is 5.02. The van der Waals surface area contributed by atoms with Crippen LogP contribution in [0.2, 0.25) is 15.1 Å². The van der Waals surface area contributed by atoms with E-state index in [9.17, 15) is 9.90 Å². The van der Waals surface area contributed by atoms with Crippen molar-refractivity contribution in [2.45, 2.75) is 51.0 Å². The van der Waals surface area contributed by atoms with Crippen LogP contribution in [0.3, 0.4) is 0 Å². The fraction of sp³-hybridized carbons (Fsp3) is 0.267. The fourth-order valence-corrected chi connectivity index (χ4v) is 5.89. The number of carboxylic acid groups (broad SMARTS) is 1. The second-order valence-electron chi connectivity index (χ2n) is 10.2. The van der Waals surface area contributed by atoms with Crippen molar-refractivity contribution in [2.75, 3.05) is 0 Å². The highest BCUT2D eigenvalue weighted by molar-refractivity contribution is 6.39. The third kappa shape index (κ3) is 4.91. The lowest BCUT2D eigenvalue weighted by Crippen LogP contribution is -2.07. The van der Waals surface area contributed by atoms with Crippen LogP contribution in [0, 0.1) is 0 Å². The summed E-state index contributed by atoms with van der Waals surface area (Å²) < 4.78 is 11.8. The van der Waals surface area contributed by atoms with E-state index in [0.717, 1.165) is 23.1 Å². The zero-order valence-corrected chi connectivity index (χ0v) is 23.4. The van der Waals surface area contributed by atoms with Crippen molar-refractivity contribution >= 4 is 40.8 Å². The SMILES string of the molecule is CC(C)c1onc(-c2c(Cl)cccc2Cl)c1COc1ccc(C2CC2(C)c2cccc(C(=O)O)c2)c(Cl)c1. The summed E-state index contributed by atoms with van der Waals surface area (Å²) >= 11 is 19.6. The van der Waals surface area contributed by atoms with E-state index in [1.54, 1.807) is 36.4 Å². The van der Waals surface area contributed by atoms with Gasteiger partial charge in [-0.05, 0) is 59.9 Å². The predicted octanol–water partition coefficient (Wildman–Crippen LogP) is 9.15. The number of rotatable bonds is 8. The van der Waals surface area contributed by atoms with Gasteiger partial charge in [0.25, 0.3) is 0 Å². The van der Waals surface area contributed by atoms with Gasteiger partial charge in [0.05, 0.1) is 21.2 Å². The molecular formula is C30H26Cl3NO4. The minimum absolute atomic E-state index is 0.0780. The summed E-state index contributed by atoms with van der Waals surface area (Å²) in [5, 5.41) is 15.2. The van der Waals surface area contributed by atoms with Crippen LogP contribution < -0.4 is 4.74 Å². The summed E-state index contributed by atoms with van der Waals surface area (Å²) in [4.78, 5) is 11.4. The molecule has 0 radical (unpaired) electrons. The minimum Gasteiger partial charge on any atom is -0.489 e. The number of aromatic carboxylic acids is 1. The first-order valence-corrected chi connectivity index (χ1v) is 13.4. The van der Waals surface area contributed by atoms with Crippen LogP contribution in [0.15, 0.2) is 65.2 Å². The molecular weight excluding hydrogens is 545 g/mol. The number of carbonyl (C=O) groups is 1. The lowest BCUT2D eigenvalue weighted by atomic mass is 9.91. The molecule has 2 atom stereocenters. The van der Waals surface area contributed by atoms with Gasteiger partial charge in [0.1, 0.15) is 23.8 Å². The third-order valence-corrected chi connectivity index (χ3v) is 8.24. The Hall–Kier alpha value is -2.99. The lowest BCUT2D eigenvalue weighted by molar-refractivity contribution is 0.0696. The maximum Gasteiger partial charge on any atom is 0.335 e. The van der Waals surface area contributed by atoms with Crippen molar-refractivity contribution in [3.8, 4) is 17.0 Å². The third-order valence-electron chi connectivity index (χ3n) is 7.28. The van der Waals surface area contributed by atoms with Crippen LogP contribution in [0.5, 0.6) is 5.75 Å². The molecule has 38 heavy (non-hydrogen) atoms. The molecule has 5 nitrogen and oxygen atoms in total. The Morgan fingerprint density at radius 2 is 1.79 bits per heavy atom. The molecule has 3 aromatic carbocycles. The molecule has 0 bridgehead atoms. The first-order valence-electron chi connectivity index (χ1n) is 12.3. The molecule has 1 aliphatic rings. The van der Waals surface area contributed by atoms with Crippen LogP contribution in [-0.4, -0.2) is 16.2 Å². The first kappa shape index (κ1) is 26.6. The van der Waals surface area contributed by atoms with Crippen molar-refractivity contribution in [1.82, 2.24) is 5.16 Å². The quantitative estimate of drug-likeness (QED) is 0.229. The van der Waals surface area contributed by atoms with Gasteiger partial charge in [0.15, 0.2) is 0 Å². The zero-order valence-electron chi connectivity index (χ0n) is 21.1. The number of halogens is 3. The molecule has 1 saturated carbocycles. The molecule has 1 N–H and O–H groups in total. The second kappa shape index (κ2) is 10.3. The Morgan fingerprint density at radius 1 is 1.08 bits per heavy atom. The minimum atomic E-state index is -0.930. The molecule has 2 unspecified atom stereocenters.